The Bertz CT molecular complexity index is 487. The molecule has 1 atom stereocenters. The van der Waals surface area contributed by atoms with Gasteiger partial charge in [0.15, 0.2) is 0 Å². The highest BCUT2D eigenvalue weighted by molar-refractivity contribution is 5.96. The molecule has 1 aromatic rings. The second-order valence-corrected chi connectivity index (χ2v) is 4.73. The van der Waals surface area contributed by atoms with Crippen LogP contribution >= 0.6 is 0 Å². The van der Waals surface area contributed by atoms with Crippen LogP contribution in [0.25, 0.3) is 0 Å². The van der Waals surface area contributed by atoms with Crippen molar-refractivity contribution in [2.24, 2.45) is 0 Å². The fourth-order valence-corrected chi connectivity index (χ4v) is 1.98. The second-order valence-electron chi connectivity index (χ2n) is 4.73. The number of nitrogens with one attached hydrogen (secondary N) is 1. The Morgan fingerprint density at radius 1 is 1.37 bits per heavy atom. The van der Waals surface area contributed by atoms with Gasteiger partial charge in [-0.25, -0.2) is 9.18 Å². The molecule has 1 aliphatic heterocycles. The highest BCUT2D eigenvalue weighted by Gasteiger charge is 2.31. The maximum absolute atomic E-state index is 12.8. The molecule has 0 unspecified atom stereocenters. The normalized spacial score (nSPS) is 18.6. The van der Waals surface area contributed by atoms with Crippen LogP contribution in [0.15, 0.2) is 24.3 Å². The minimum atomic E-state index is -0.340. The molecule has 1 saturated heterocycles. The molecular formula is C13H16FN3O2. The zero-order valence-electron chi connectivity index (χ0n) is 10.9. The van der Waals surface area contributed by atoms with Gasteiger partial charge in [-0.3, -0.25) is 4.79 Å². The monoisotopic (exact) mass is 265 g/mol. The Morgan fingerprint density at radius 2 is 2.00 bits per heavy atom. The van der Waals surface area contributed by atoms with E-state index >= 15 is 0 Å². The lowest BCUT2D eigenvalue weighted by atomic mass is 10.2. The fraction of sp³-hybridized carbons (Fsp3) is 0.385. The lowest BCUT2D eigenvalue weighted by Gasteiger charge is -2.18. The van der Waals surface area contributed by atoms with Gasteiger partial charge in [0.05, 0.1) is 6.04 Å². The zero-order chi connectivity index (χ0) is 14.0. The van der Waals surface area contributed by atoms with E-state index in [0.717, 1.165) is 0 Å². The summed E-state index contributed by atoms with van der Waals surface area (Å²) in [6, 6.07) is 5.31. The number of nitrogens with zero attached hydrogens (tertiary/aromatic N) is 2. The first-order chi connectivity index (χ1) is 8.97. The number of benzene rings is 1. The van der Waals surface area contributed by atoms with Gasteiger partial charge in [0, 0.05) is 32.7 Å². The molecule has 3 amide bonds. The molecule has 0 aliphatic carbocycles. The van der Waals surface area contributed by atoms with E-state index in [0.29, 0.717) is 12.2 Å². The zero-order valence-corrected chi connectivity index (χ0v) is 10.9. The molecule has 0 bridgehead atoms. The smallest absolute Gasteiger partial charge is 0.317 e. The van der Waals surface area contributed by atoms with Crippen molar-refractivity contribution in [1.29, 1.82) is 0 Å². The topological polar surface area (TPSA) is 52.7 Å². The first kappa shape index (κ1) is 13.3. The van der Waals surface area contributed by atoms with E-state index in [-0.39, 0.29) is 30.2 Å². The van der Waals surface area contributed by atoms with Gasteiger partial charge in [-0.15, -0.1) is 0 Å². The molecule has 5 nitrogen and oxygen atoms in total. The van der Waals surface area contributed by atoms with Crippen LogP contribution in [0.2, 0.25) is 0 Å². The molecule has 2 rings (SSSR count). The minimum absolute atomic E-state index is 0.0735. The summed E-state index contributed by atoms with van der Waals surface area (Å²) in [7, 11) is 3.29. The first-order valence-electron chi connectivity index (χ1n) is 6.01. The summed E-state index contributed by atoms with van der Waals surface area (Å²) in [5.74, 6) is -0.413. The van der Waals surface area contributed by atoms with E-state index in [9.17, 15) is 14.0 Å². The maximum atomic E-state index is 12.8. The van der Waals surface area contributed by atoms with Gasteiger partial charge in [-0.2, -0.15) is 0 Å². The standard InChI is InChI=1S/C13H16FN3O2/c1-16(2)13(19)15-10-7-12(18)17(8-10)11-5-3-9(14)4-6-11/h3-6,10H,7-8H2,1-2H3,(H,15,19)/t10-/m1/s1. The summed E-state index contributed by atoms with van der Waals surface area (Å²) in [4.78, 5) is 26.4. The van der Waals surface area contributed by atoms with Crippen molar-refractivity contribution in [1.82, 2.24) is 10.2 Å². The molecule has 0 saturated carbocycles. The van der Waals surface area contributed by atoms with Crippen molar-refractivity contribution in [2.45, 2.75) is 12.5 Å². The number of halogens is 1. The number of carbonyl (C=O) groups excluding carboxylic acids is 2. The Balaban J connectivity index is 2.03. The van der Waals surface area contributed by atoms with E-state index in [1.807, 2.05) is 0 Å². The second kappa shape index (κ2) is 5.26. The van der Waals surface area contributed by atoms with Gasteiger partial charge in [-0.05, 0) is 24.3 Å². The molecular weight excluding hydrogens is 249 g/mol. The van der Waals surface area contributed by atoms with E-state index < -0.39 is 0 Å². The third kappa shape index (κ3) is 3.01. The van der Waals surface area contributed by atoms with Gasteiger partial charge in [0.25, 0.3) is 0 Å². The van der Waals surface area contributed by atoms with Crippen molar-refractivity contribution in [2.75, 3.05) is 25.5 Å². The lowest BCUT2D eigenvalue weighted by molar-refractivity contribution is -0.117. The van der Waals surface area contributed by atoms with Crippen LogP contribution in [0.4, 0.5) is 14.9 Å². The van der Waals surface area contributed by atoms with Crippen LogP contribution in [0, 0.1) is 5.82 Å². The molecule has 1 N–H and O–H groups in total. The van der Waals surface area contributed by atoms with E-state index in [2.05, 4.69) is 5.32 Å². The summed E-state index contributed by atoms with van der Waals surface area (Å²) >= 11 is 0. The third-order valence-electron chi connectivity index (χ3n) is 3.00. The van der Waals surface area contributed by atoms with E-state index in [1.165, 1.54) is 17.0 Å². The SMILES string of the molecule is CN(C)C(=O)N[C@@H]1CC(=O)N(c2ccc(F)cc2)C1. The van der Waals surface area contributed by atoms with Gasteiger partial charge in [0.2, 0.25) is 5.91 Å². The average molecular weight is 265 g/mol. The highest BCUT2D eigenvalue weighted by Crippen LogP contribution is 2.21. The Hall–Kier alpha value is -2.11. The largest absolute Gasteiger partial charge is 0.333 e. The summed E-state index contributed by atoms with van der Waals surface area (Å²) in [6.07, 6.45) is 0.261. The van der Waals surface area contributed by atoms with Gasteiger partial charge in [-0.1, -0.05) is 0 Å². The Labute approximate surface area is 111 Å². The minimum Gasteiger partial charge on any atom is -0.333 e. The Kier molecular flexibility index (Phi) is 3.69. The van der Waals surface area contributed by atoms with Crippen molar-refractivity contribution < 1.29 is 14.0 Å². The predicted molar refractivity (Wildman–Crippen MR) is 69.4 cm³/mol. The van der Waals surface area contributed by atoms with Gasteiger partial charge in [0.1, 0.15) is 5.82 Å². The van der Waals surface area contributed by atoms with Crippen LogP contribution in [0.5, 0.6) is 0 Å². The number of amides is 3. The molecule has 1 aromatic carbocycles. The van der Waals surface area contributed by atoms with Crippen LogP contribution in [0.3, 0.4) is 0 Å². The molecule has 0 radical (unpaired) electrons. The number of hydrogen-bond donors (Lipinski definition) is 1. The molecule has 6 heteroatoms. The molecule has 19 heavy (non-hydrogen) atoms. The van der Waals surface area contributed by atoms with Crippen molar-refractivity contribution in [3.8, 4) is 0 Å². The molecule has 1 aliphatic rings. The molecule has 1 fully saturated rings. The highest BCUT2D eigenvalue weighted by atomic mass is 19.1. The van der Waals surface area contributed by atoms with Crippen molar-refractivity contribution in [3.63, 3.8) is 0 Å². The fourth-order valence-electron chi connectivity index (χ4n) is 1.98. The van der Waals surface area contributed by atoms with Crippen LogP contribution < -0.4 is 10.2 Å². The van der Waals surface area contributed by atoms with E-state index in [4.69, 9.17) is 0 Å². The number of urea groups is 1. The van der Waals surface area contributed by atoms with Crippen LogP contribution in [-0.2, 0) is 4.79 Å². The average Bonchev–Trinajstić information content (AvgIpc) is 2.71. The van der Waals surface area contributed by atoms with Crippen molar-refractivity contribution in [3.05, 3.63) is 30.1 Å². The summed E-state index contributed by atoms with van der Waals surface area (Å²) in [6.45, 7) is 0.407. The van der Waals surface area contributed by atoms with Crippen LogP contribution in [-0.4, -0.2) is 43.5 Å². The predicted octanol–water partition coefficient (Wildman–Crippen LogP) is 1.20. The molecule has 0 spiro atoms. The Morgan fingerprint density at radius 3 is 2.58 bits per heavy atom. The third-order valence-corrected chi connectivity index (χ3v) is 3.00. The molecule has 102 valence electrons. The number of carbonyl (C=O) groups is 2. The summed E-state index contributed by atoms with van der Waals surface area (Å²) in [5, 5.41) is 2.77. The summed E-state index contributed by atoms with van der Waals surface area (Å²) < 4.78 is 12.8. The van der Waals surface area contributed by atoms with Crippen molar-refractivity contribution >= 4 is 17.6 Å². The summed E-state index contributed by atoms with van der Waals surface area (Å²) in [5.41, 5.74) is 0.646. The number of hydrogen-bond acceptors (Lipinski definition) is 2. The number of anilines is 1. The lowest BCUT2D eigenvalue weighted by Crippen LogP contribution is -2.42. The maximum Gasteiger partial charge on any atom is 0.317 e. The first-order valence-corrected chi connectivity index (χ1v) is 6.01. The molecule has 0 aromatic heterocycles. The van der Waals surface area contributed by atoms with Gasteiger partial charge >= 0.3 is 6.03 Å². The van der Waals surface area contributed by atoms with E-state index in [1.54, 1.807) is 31.1 Å². The quantitative estimate of drug-likeness (QED) is 0.873. The van der Waals surface area contributed by atoms with Crippen LogP contribution in [0.1, 0.15) is 6.42 Å². The number of rotatable bonds is 2. The molecule has 1 heterocycles. The van der Waals surface area contributed by atoms with Gasteiger partial charge < -0.3 is 15.1 Å².